The van der Waals surface area contributed by atoms with E-state index in [0.29, 0.717) is 11.1 Å². The predicted molar refractivity (Wildman–Crippen MR) is 86.5 cm³/mol. The van der Waals surface area contributed by atoms with E-state index >= 15 is 0 Å². The SMILES string of the molecule is C/C(=N\OC(=O)c1ccc(F)cc1)C1=CS(=O)(=O)c2ccccc21. The molecule has 0 unspecified atom stereocenters. The predicted octanol–water partition coefficient (Wildman–Crippen LogP) is 3.19. The normalized spacial score (nSPS) is 15.6. The van der Waals surface area contributed by atoms with Crippen LogP contribution in [0.3, 0.4) is 0 Å². The van der Waals surface area contributed by atoms with Crippen LogP contribution in [-0.4, -0.2) is 20.1 Å². The van der Waals surface area contributed by atoms with Crippen molar-refractivity contribution < 1.29 is 22.4 Å². The van der Waals surface area contributed by atoms with Gasteiger partial charge in [-0.15, -0.1) is 0 Å². The molecular weight excluding hydrogens is 333 g/mol. The zero-order valence-electron chi connectivity index (χ0n) is 12.6. The Morgan fingerprint density at radius 2 is 1.75 bits per heavy atom. The van der Waals surface area contributed by atoms with E-state index in [4.69, 9.17) is 4.84 Å². The first-order valence-electron chi connectivity index (χ1n) is 6.96. The highest BCUT2D eigenvalue weighted by Gasteiger charge is 2.28. The zero-order chi connectivity index (χ0) is 17.3. The summed E-state index contributed by atoms with van der Waals surface area (Å²) in [7, 11) is -3.52. The number of halogens is 1. The minimum Gasteiger partial charge on any atom is -0.313 e. The molecule has 1 aliphatic rings. The Morgan fingerprint density at radius 3 is 2.46 bits per heavy atom. The maximum Gasteiger partial charge on any atom is 0.365 e. The monoisotopic (exact) mass is 345 g/mol. The van der Waals surface area contributed by atoms with Gasteiger partial charge in [0, 0.05) is 16.5 Å². The highest BCUT2D eigenvalue weighted by atomic mass is 32.2. The molecule has 122 valence electrons. The van der Waals surface area contributed by atoms with Gasteiger partial charge in [0.15, 0.2) is 0 Å². The number of carbonyl (C=O) groups excluding carboxylic acids is 1. The Hall–Kier alpha value is -2.80. The van der Waals surface area contributed by atoms with Gasteiger partial charge in [-0.1, -0.05) is 23.4 Å². The fourth-order valence-corrected chi connectivity index (χ4v) is 3.78. The number of oxime groups is 1. The number of nitrogens with zero attached hydrogens (tertiary/aromatic N) is 1. The highest BCUT2D eigenvalue weighted by molar-refractivity contribution is 7.95. The molecule has 0 saturated heterocycles. The average molecular weight is 345 g/mol. The van der Waals surface area contributed by atoms with Gasteiger partial charge >= 0.3 is 5.97 Å². The number of fused-ring (bicyclic) bond motifs is 1. The van der Waals surface area contributed by atoms with Crippen molar-refractivity contribution in [3.63, 3.8) is 0 Å². The van der Waals surface area contributed by atoms with Gasteiger partial charge in [0.25, 0.3) is 0 Å². The summed E-state index contributed by atoms with van der Waals surface area (Å²) in [5.41, 5.74) is 1.27. The van der Waals surface area contributed by atoms with Crippen LogP contribution in [0.5, 0.6) is 0 Å². The molecule has 0 saturated carbocycles. The van der Waals surface area contributed by atoms with Gasteiger partial charge in [-0.3, -0.25) is 0 Å². The second kappa shape index (κ2) is 6.01. The maximum absolute atomic E-state index is 12.8. The number of sulfone groups is 1. The minimum absolute atomic E-state index is 0.140. The molecule has 1 heterocycles. The third-order valence-corrected chi connectivity index (χ3v) is 5.01. The van der Waals surface area contributed by atoms with Crippen LogP contribution < -0.4 is 0 Å². The molecule has 0 spiro atoms. The summed E-state index contributed by atoms with van der Waals surface area (Å²) in [6.07, 6.45) is 0. The van der Waals surface area contributed by atoms with Crippen molar-refractivity contribution in [1.82, 2.24) is 0 Å². The van der Waals surface area contributed by atoms with E-state index in [1.54, 1.807) is 25.1 Å². The van der Waals surface area contributed by atoms with Gasteiger partial charge < -0.3 is 4.84 Å². The summed E-state index contributed by atoms with van der Waals surface area (Å²) in [6.45, 7) is 1.54. The summed E-state index contributed by atoms with van der Waals surface area (Å²) >= 11 is 0. The summed E-state index contributed by atoms with van der Waals surface area (Å²) in [4.78, 5) is 16.9. The molecule has 7 heteroatoms. The molecule has 0 radical (unpaired) electrons. The van der Waals surface area contributed by atoms with Crippen molar-refractivity contribution in [2.24, 2.45) is 5.16 Å². The highest BCUT2D eigenvalue weighted by Crippen LogP contribution is 2.33. The lowest BCUT2D eigenvalue weighted by Crippen LogP contribution is -2.04. The Morgan fingerprint density at radius 1 is 1.08 bits per heavy atom. The molecule has 2 aromatic carbocycles. The van der Waals surface area contributed by atoms with Crippen molar-refractivity contribution in [3.8, 4) is 0 Å². The van der Waals surface area contributed by atoms with E-state index in [1.807, 2.05) is 0 Å². The van der Waals surface area contributed by atoms with Gasteiger partial charge in [0.1, 0.15) is 5.82 Å². The minimum atomic E-state index is -3.52. The fraction of sp³-hybridized carbons (Fsp3) is 0.0588. The van der Waals surface area contributed by atoms with Crippen LogP contribution in [0, 0.1) is 5.82 Å². The summed E-state index contributed by atoms with van der Waals surface area (Å²) in [5, 5.41) is 4.81. The molecule has 0 atom stereocenters. The van der Waals surface area contributed by atoms with Crippen molar-refractivity contribution in [2.45, 2.75) is 11.8 Å². The second-order valence-electron chi connectivity index (χ2n) is 5.14. The molecular formula is C17H12FNO4S. The number of hydrogen-bond donors (Lipinski definition) is 0. The van der Waals surface area contributed by atoms with Crippen LogP contribution in [0.25, 0.3) is 5.57 Å². The molecule has 24 heavy (non-hydrogen) atoms. The lowest BCUT2D eigenvalue weighted by atomic mass is 10.0. The van der Waals surface area contributed by atoms with Crippen molar-refractivity contribution in [3.05, 3.63) is 70.9 Å². The lowest BCUT2D eigenvalue weighted by molar-refractivity contribution is 0.0517. The van der Waals surface area contributed by atoms with E-state index in [2.05, 4.69) is 5.16 Å². The molecule has 0 aliphatic carbocycles. The standard InChI is InChI=1S/C17H12FNO4S/c1-11(19-23-17(20)12-6-8-13(18)9-7-12)15-10-24(21,22)16-5-3-2-4-14(15)16/h2-10H,1H3/b19-11+. The molecule has 3 rings (SSSR count). The Labute approximate surface area is 138 Å². The van der Waals surface area contributed by atoms with Crippen LogP contribution >= 0.6 is 0 Å². The summed E-state index contributed by atoms with van der Waals surface area (Å²) < 4.78 is 37.0. The molecule has 0 fully saturated rings. The largest absolute Gasteiger partial charge is 0.365 e. The topological polar surface area (TPSA) is 72.8 Å². The van der Waals surface area contributed by atoms with E-state index in [1.165, 1.54) is 18.2 Å². The number of hydrogen-bond acceptors (Lipinski definition) is 5. The Balaban J connectivity index is 1.85. The van der Waals surface area contributed by atoms with E-state index in [0.717, 1.165) is 17.5 Å². The molecule has 1 aliphatic heterocycles. The van der Waals surface area contributed by atoms with E-state index in [-0.39, 0.29) is 16.2 Å². The number of rotatable bonds is 3. The van der Waals surface area contributed by atoms with E-state index < -0.39 is 21.6 Å². The summed E-state index contributed by atoms with van der Waals surface area (Å²) in [5.74, 6) is -1.23. The second-order valence-corrected chi connectivity index (χ2v) is 6.90. The fourth-order valence-electron chi connectivity index (χ4n) is 2.30. The van der Waals surface area contributed by atoms with Gasteiger partial charge in [-0.2, -0.15) is 0 Å². The molecule has 2 aromatic rings. The molecule has 0 aromatic heterocycles. The third-order valence-electron chi connectivity index (χ3n) is 3.49. The summed E-state index contributed by atoms with van der Waals surface area (Å²) in [6, 6.07) is 11.3. The van der Waals surface area contributed by atoms with Gasteiger partial charge in [0.2, 0.25) is 9.84 Å². The smallest absolute Gasteiger partial charge is 0.313 e. The van der Waals surface area contributed by atoms with Crippen LogP contribution in [-0.2, 0) is 14.7 Å². The van der Waals surface area contributed by atoms with Crippen molar-refractivity contribution in [2.75, 3.05) is 0 Å². The maximum atomic E-state index is 12.8. The lowest BCUT2D eigenvalue weighted by Gasteiger charge is -2.04. The third kappa shape index (κ3) is 2.98. The molecule has 5 nitrogen and oxygen atoms in total. The first-order chi connectivity index (χ1) is 11.4. The Kier molecular flexibility index (Phi) is 4.02. The Bertz CT molecular complexity index is 976. The first-order valence-corrected chi connectivity index (χ1v) is 8.51. The number of benzene rings is 2. The van der Waals surface area contributed by atoms with Gasteiger partial charge in [-0.25, -0.2) is 17.6 Å². The number of carbonyl (C=O) groups is 1. The van der Waals surface area contributed by atoms with Crippen LogP contribution in [0.1, 0.15) is 22.8 Å². The molecule has 0 N–H and O–H groups in total. The quantitative estimate of drug-likeness (QED) is 0.486. The first kappa shape index (κ1) is 16.1. The van der Waals surface area contributed by atoms with Crippen molar-refractivity contribution in [1.29, 1.82) is 0 Å². The van der Waals surface area contributed by atoms with Crippen LogP contribution in [0.2, 0.25) is 0 Å². The number of allylic oxidation sites excluding steroid dienone is 1. The van der Waals surface area contributed by atoms with Gasteiger partial charge in [-0.05, 0) is 37.3 Å². The van der Waals surface area contributed by atoms with E-state index in [9.17, 15) is 17.6 Å². The van der Waals surface area contributed by atoms with Crippen molar-refractivity contribution >= 4 is 27.1 Å². The average Bonchev–Trinajstić information content (AvgIpc) is 2.85. The van der Waals surface area contributed by atoms with Crippen LogP contribution in [0.15, 0.2) is 64.0 Å². The molecule has 0 amide bonds. The van der Waals surface area contributed by atoms with Crippen LogP contribution in [0.4, 0.5) is 4.39 Å². The van der Waals surface area contributed by atoms with Gasteiger partial charge in [0.05, 0.1) is 16.2 Å². The molecule has 0 bridgehead atoms. The zero-order valence-corrected chi connectivity index (χ0v) is 13.4.